The molecule has 0 amide bonds. The Morgan fingerprint density at radius 2 is 1.74 bits per heavy atom. The normalized spacial score (nSPS) is 15.0. The van der Waals surface area contributed by atoms with Crippen molar-refractivity contribution in [3.63, 3.8) is 0 Å². The maximum Gasteiger partial charge on any atom is 0.231 e. The summed E-state index contributed by atoms with van der Waals surface area (Å²) in [7, 11) is 3.30. The van der Waals surface area contributed by atoms with Crippen LogP contribution in [0.3, 0.4) is 0 Å². The van der Waals surface area contributed by atoms with Crippen LogP contribution in [0.2, 0.25) is 0 Å². The Kier molecular flexibility index (Phi) is 3.33. The minimum atomic E-state index is 0.271. The van der Waals surface area contributed by atoms with E-state index in [0.29, 0.717) is 5.75 Å². The van der Waals surface area contributed by atoms with Crippen LogP contribution in [0, 0.1) is 0 Å². The molecule has 2 aromatic carbocycles. The Labute approximate surface area is 134 Å². The van der Waals surface area contributed by atoms with Gasteiger partial charge in [0.2, 0.25) is 6.79 Å². The number of aliphatic imine (C=N–C) groups is 1. The van der Waals surface area contributed by atoms with Gasteiger partial charge < -0.3 is 18.9 Å². The Morgan fingerprint density at radius 3 is 2.57 bits per heavy atom. The van der Waals surface area contributed by atoms with Gasteiger partial charge in [0.25, 0.3) is 0 Å². The molecule has 0 aromatic heterocycles. The van der Waals surface area contributed by atoms with Gasteiger partial charge in [-0.05, 0) is 42.3 Å². The van der Waals surface area contributed by atoms with E-state index in [-0.39, 0.29) is 6.79 Å². The third-order valence-electron chi connectivity index (χ3n) is 4.16. The van der Waals surface area contributed by atoms with Crippen molar-refractivity contribution in [3.05, 3.63) is 47.0 Å². The summed E-state index contributed by atoms with van der Waals surface area (Å²) in [5.41, 5.74) is 4.26. The van der Waals surface area contributed by atoms with Crippen LogP contribution < -0.4 is 18.9 Å². The summed E-state index contributed by atoms with van der Waals surface area (Å²) >= 11 is 0. The summed E-state index contributed by atoms with van der Waals surface area (Å²) in [6, 6.07) is 9.95. The number of rotatable bonds is 3. The van der Waals surface area contributed by atoms with Crippen LogP contribution in [-0.4, -0.2) is 33.3 Å². The molecule has 5 nitrogen and oxygen atoms in total. The van der Waals surface area contributed by atoms with Gasteiger partial charge in [-0.1, -0.05) is 0 Å². The van der Waals surface area contributed by atoms with Crippen molar-refractivity contribution in [3.8, 4) is 23.0 Å². The highest BCUT2D eigenvalue weighted by Crippen LogP contribution is 2.36. The number of nitrogens with zero attached hydrogens (tertiary/aromatic N) is 1. The maximum atomic E-state index is 5.48. The maximum absolute atomic E-state index is 5.48. The summed E-state index contributed by atoms with van der Waals surface area (Å²) in [6.07, 6.45) is 0.893. The number of ether oxygens (including phenoxy) is 4. The van der Waals surface area contributed by atoms with E-state index in [4.69, 9.17) is 23.9 Å². The summed E-state index contributed by atoms with van der Waals surface area (Å²) in [5, 5.41) is 0. The van der Waals surface area contributed by atoms with E-state index in [9.17, 15) is 0 Å². The molecular formula is C18H17NO4. The fourth-order valence-electron chi connectivity index (χ4n) is 3.01. The van der Waals surface area contributed by atoms with Gasteiger partial charge in [0.1, 0.15) is 0 Å². The van der Waals surface area contributed by atoms with Crippen LogP contribution in [0.15, 0.2) is 35.3 Å². The molecule has 0 saturated heterocycles. The van der Waals surface area contributed by atoms with Gasteiger partial charge in [0, 0.05) is 17.7 Å². The summed E-state index contributed by atoms with van der Waals surface area (Å²) < 4.78 is 21.7. The highest BCUT2D eigenvalue weighted by Gasteiger charge is 2.22. The average molecular weight is 311 g/mol. The van der Waals surface area contributed by atoms with Crippen molar-refractivity contribution in [1.82, 2.24) is 0 Å². The molecule has 0 spiro atoms. The Hall–Kier alpha value is -2.69. The minimum absolute atomic E-state index is 0.271. The zero-order chi connectivity index (χ0) is 15.8. The lowest BCUT2D eigenvalue weighted by atomic mass is 9.92. The zero-order valence-electron chi connectivity index (χ0n) is 13.1. The number of benzene rings is 2. The highest BCUT2D eigenvalue weighted by atomic mass is 16.7. The van der Waals surface area contributed by atoms with Gasteiger partial charge in [0.05, 0.1) is 19.9 Å². The number of fused-ring (bicyclic) bond motifs is 2. The van der Waals surface area contributed by atoms with E-state index >= 15 is 0 Å². The molecule has 2 aliphatic rings. The molecule has 0 radical (unpaired) electrons. The van der Waals surface area contributed by atoms with Gasteiger partial charge in [0.15, 0.2) is 23.0 Å². The molecule has 0 aliphatic carbocycles. The van der Waals surface area contributed by atoms with Crippen molar-refractivity contribution in [2.75, 3.05) is 27.6 Å². The van der Waals surface area contributed by atoms with Gasteiger partial charge in [-0.25, -0.2) is 0 Å². The van der Waals surface area contributed by atoms with Crippen molar-refractivity contribution in [2.45, 2.75) is 6.42 Å². The molecule has 118 valence electrons. The molecule has 0 saturated carbocycles. The molecule has 2 aliphatic heterocycles. The largest absolute Gasteiger partial charge is 0.493 e. The quantitative estimate of drug-likeness (QED) is 0.874. The third-order valence-corrected chi connectivity index (χ3v) is 4.16. The van der Waals surface area contributed by atoms with E-state index in [2.05, 4.69) is 0 Å². The lowest BCUT2D eigenvalue weighted by Crippen LogP contribution is -2.14. The smallest absolute Gasteiger partial charge is 0.231 e. The Bertz CT molecular complexity index is 798. The summed E-state index contributed by atoms with van der Waals surface area (Å²) in [4.78, 5) is 4.72. The topological polar surface area (TPSA) is 49.3 Å². The van der Waals surface area contributed by atoms with Crippen molar-refractivity contribution in [2.24, 2.45) is 4.99 Å². The molecular weight excluding hydrogens is 294 g/mol. The van der Waals surface area contributed by atoms with E-state index in [1.165, 1.54) is 5.56 Å². The molecule has 2 heterocycles. The van der Waals surface area contributed by atoms with Crippen LogP contribution >= 0.6 is 0 Å². The van der Waals surface area contributed by atoms with Crippen molar-refractivity contribution in [1.29, 1.82) is 0 Å². The Morgan fingerprint density at radius 1 is 0.957 bits per heavy atom. The van der Waals surface area contributed by atoms with E-state index in [0.717, 1.165) is 47.1 Å². The average Bonchev–Trinajstić information content (AvgIpc) is 3.07. The van der Waals surface area contributed by atoms with E-state index in [1.807, 2.05) is 30.3 Å². The van der Waals surface area contributed by atoms with Crippen LogP contribution in [0.25, 0.3) is 0 Å². The Balaban J connectivity index is 1.81. The molecule has 4 rings (SSSR count). The molecule has 5 heteroatoms. The lowest BCUT2D eigenvalue weighted by Gasteiger charge is -2.20. The van der Waals surface area contributed by atoms with Gasteiger partial charge in [-0.2, -0.15) is 0 Å². The molecule has 0 atom stereocenters. The molecule has 0 fully saturated rings. The van der Waals surface area contributed by atoms with Gasteiger partial charge in [-0.3, -0.25) is 4.99 Å². The van der Waals surface area contributed by atoms with Crippen LogP contribution in [0.4, 0.5) is 0 Å². The number of hydrogen-bond acceptors (Lipinski definition) is 5. The third kappa shape index (κ3) is 2.29. The summed E-state index contributed by atoms with van der Waals surface area (Å²) in [5.74, 6) is 3.00. The van der Waals surface area contributed by atoms with E-state index < -0.39 is 0 Å². The fraction of sp³-hybridized carbons (Fsp3) is 0.278. The second-order valence-electron chi connectivity index (χ2n) is 5.41. The molecule has 2 aromatic rings. The highest BCUT2D eigenvalue weighted by molar-refractivity contribution is 6.14. The first-order chi connectivity index (χ1) is 11.3. The molecule has 0 bridgehead atoms. The van der Waals surface area contributed by atoms with Crippen LogP contribution in [0.5, 0.6) is 23.0 Å². The molecule has 23 heavy (non-hydrogen) atoms. The number of methoxy groups -OCH3 is 2. The van der Waals surface area contributed by atoms with Crippen molar-refractivity contribution >= 4 is 5.71 Å². The zero-order valence-corrected chi connectivity index (χ0v) is 13.1. The lowest BCUT2D eigenvalue weighted by molar-refractivity contribution is 0.174. The van der Waals surface area contributed by atoms with Gasteiger partial charge in [-0.15, -0.1) is 0 Å². The van der Waals surface area contributed by atoms with Gasteiger partial charge >= 0.3 is 0 Å². The van der Waals surface area contributed by atoms with Crippen LogP contribution in [0.1, 0.15) is 16.7 Å². The van der Waals surface area contributed by atoms with Crippen LogP contribution in [-0.2, 0) is 6.42 Å². The molecule has 0 unspecified atom stereocenters. The minimum Gasteiger partial charge on any atom is -0.493 e. The van der Waals surface area contributed by atoms with Crippen molar-refractivity contribution < 1.29 is 18.9 Å². The first-order valence-corrected chi connectivity index (χ1v) is 7.50. The standard InChI is InChI=1S/C18H17NO4/c1-20-15-7-11-5-6-19-18(13(11)9-16(15)21-2)12-3-4-14-17(8-12)23-10-22-14/h3-4,7-9H,5-6,10H2,1-2H3. The predicted molar refractivity (Wildman–Crippen MR) is 86.3 cm³/mol. The first-order valence-electron chi connectivity index (χ1n) is 7.50. The predicted octanol–water partition coefficient (Wildman–Crippen LogP) is 2.83. The van der Waals surface area contributed by atoms with E-state index in [1.54, 1.807) is 14.2 Å². The number of hydrogen-bond donors (Lipinski definition) is 0. The SMILES string of the molecule is COc1cc2c(cc1OC)C(c1ccc3c(c1)OCO3)=NCC2. The monoisotopic (exact) mass is 311 g/mol. The fourth-order valence-corrected chi connectivity index (χ4v) is 3.01. The second kappa shape index (κ2) is 5.50. The molecule has 0 N–H and O–H groups in total. The first kappa shape index (κ1) is 13.9. The second-order valence-corrected chi connectivity index (χ2v) is 5.41. The summed E-state index contributed by atoms with van der Waals surface area (Å²) in [6.45, 7) is 1.03.